The lowest BCUT2D eigenvalue weighted by atomic mass is 9.97. The van der Waals surface area contributed by atoms with Crippen LogP contribution in [0, 0.1) is 6.92 Å². The molecular weight excluding hydrogens is 284 g/mol. The van der Waals surface area contributed by atoms with Crippen LogP contribution in [0.3, 0.4) is 0 Å². The summed E-state index contributed by atoms with van der Waals surface area (Å²) >= 11 is 0.758. The van der Waals surface area contributed by atoms with Crippen LogP contribution in [0.15, 0.2) is 9.00 Å². The van der Waals surface area contributed by atoms with Crippen LogP contribution in [-0.2, 0) is 10.0 Å². The Morgan fingerprint density at radius 1 is 1.16 bits per heavy atom. The van der Waals surface area contributed by atoms with E-state index in [1.807, 2.05) is 0 Å². The summed E-state index contributed by atoms with van der Waals surface area (Å²) in [5, 5.41) is 0. The van der Waals surface area contributed by atoms with Crippen molar-refractivity contribution < 1.29 is 8.42 Å². The third-order valence-electron chi connectivity index (χ3n) is 3.45. The third kappa shape index (κ3) is 3.90. The molecule has 2 rings (SSSR count). The summed E-state index contributed by atoms with van der Waals surface area (Å²) in [6.07, 6.45) is 7.50. The van der Waals surface area contributed by atoms with Gasteiger partial charge in [-0.15, -0.1) is 0 Å². The van der Waals surface area contributed by atoms with Gasteiger partial charge in [0.2, 0.25) is 0 Å². The molecule has 19 heavy (non-hydrogen) atoms. The van der Waals surface area contributed by atoms with E-state index < -0.39 is 10.0 Å². The fraction of sp³-hybridized carbons (Fsp3) is 0.750. The van der Waals surface area contributed by atoms with Gasteiger partial charge in [-0.3, -0.25) is 4.79 Å². The average molecular weight is 304 g/mol. The third-order valence-corrected chi connectivity index (χ3v) is 6.58. The van der Waals surface area contributed by atoms with Crippen LogP contribution >= 0.6 is 11.3 Å². The number of rotatable bonds is 3. The van der Waals surface area contributed by atoms with E-state index in [1.165, 1.54) is 19.3 Å². The molecule has 1 aromatic rings. The van der Waals surface area contributed by atoms with Gasteiger partial charge in [0.25, 0.3) is 10.0 Å². The van der Waals surface area contributed by atoms with Gasteiger partial charge in [0.1, 0.15) is 0 Å². The molecular formula is C12H20N2O3S2. The summed E-state index contributed by atoms with van der Waals surface area (Å²) in [6, 6.07) is 0.00176. The topological polar surface area (TPSA) is 79.0 Å². The minimum Gasteiger partial charge on any atom is -0.315 e. The lowest BCUT2D eigenvalue weighted by Gasteiger charge is -2.20. The molecule has 0 aromatic carbocycles. The summed E-state index contributed by atoms with van der Waals surface area (Å²) in [7, 11) is -3.56. The van der Waals surface area contributed by atoms with Gasteiger partial charge in [0, 0.05) is 11.7 Å². The van der Waals surface area contributed by atoms with Crippen molar-refractivity contribution in [3.05, 3.63) is 15.4 Å². The second kappa shape index (κ2) is 6.19. The molecule has 1 heterocycles. The minimum absolute atomic E-state index is 0.00176. The highest BCUT2D eigenvalue weighted by Crippen LogP contribution is 2.21. The first kappa shape index (κ1) is 14.7. The molecule has 0 unspecified atom stereocenters. The highest BCUT2D eigenvalue weighted by atomic mass is 32.2. The number of aromatic amines is 1. The fourth-order valence-electron chi connectivity index (χ4n) is 2.49. The van der Waals surface area contributed by atoms with Crippen molar-refractivity contribution in [3.63, 3.8) is 0 Å². The number of hydrogen-bond acceptors (Lipinski definition) is 4. The summed E-state index contributed by atoms with van der Waals surface area (Å²) in [5.41, 5.74) is 0.424. The summed E-state index contributed by atoms with van der Waals surface area (Å²) in [5.74, 6) is 0. The zero-order chi connectivity index (χ0) is 13.9. The molecule has 0 radical (unpaired) electrons. The molecule has 0 spiro atoms. The predicted molar refractivity (Wildman–Crippen MR) is 76.1 cm³/mol. The first-order valence-electron chi connectivity index (χ1n) is 6.71. The number of hydrogen-bond donors (Lipinski definition) is 2. The molecule has 1 aliphatic carbocycles. The quantitative estimate of drug-likeness (QED) is 0.898. The summed E-state index contributed by atoms with van der Waals surface area (Å²) in [6.45, 7) is 1.62. The van der Waals surface area contributed by atoms with E-state index in [2.05, 4.69) is 9.71 Å². The maximum atomic E-state index is 12.3. The Bertz CT molecular complexity index is 566. The van der Waals surface area contributed by atoms with Gasteiger partial charge in [-0.05, 0) is 19.8 Å². The lowest BCUT2D eigenvalue weighted by molar-refractivity contribution is 0.426. The van der Waals surface area contributed by atoms with E-state index >= 15 is 0 Å². The van der Waals surface area contributed by atoms with Crippen molar-refractivity contribution in [2.45, 2.75) is 62.1 Å². The second-order valence-corrected chi connectivity index (χ2v) is 7.98. The van der Waals surface area contributed by atoms with E-state index in [1.54, 1.807) is 6.92 Å². The number of aromatic nitrogens is 1. The maximum Gasteiger partial charge on any atom is 0.305 e. The minimum atomic E-state index is -3.56. The van der Waals surface area contributed by atoms with Crippen LogP contribution in [0.4, 0.5) is 0 Å². The molecule has 0 aliphatic heterocycles. The Morgan fingerprint density at radius 3 is 2.26 bits per heavy atom. The van der Waals surface area contributed by atoms with Gasteiger partial charge in [-0.1, -0.05) is 43.4 Å². The first-order valence-corrected chi connectivity index (χ1v) is 9.01. The average Bonchev–Trinajstić information content (AvgIpc) is 2.62. The Balaban J connectivity index is 2.11. The van der Waals surface area contributed by atoms with Gasteiger partial charge in [-0.2, -0.15) is 0 Å². The highest BCUT2D eigenvalue weighted by molar-refractivity contribution is 7.91. The van der Waals surface area contributed by atoms with Crippen LogP contribution < -0.4 is 9.60 Å². The Morgan fingerprint density at radius 2 is 1.74 bits per heavy atom. The number of nitrogens with one attached hydrogen (secondary N) is 2. The fourth-order valence-corrected chi connectivity index (χ4v) is 5.12. The van der Waals surface area contributed by atoms with E-state index in [-0.39, 0.29) is 15.1 Å². The van der Waals surface area contributed by atoms with Gasteiger partial charge < -0.3 is 4.98 Å². The largest absolute Gasteiger partial charge is 0.315 e. The normalized spacial score (nSPS) is 19.0. The SMILES string of the molecule is Cc1[nH]c(=O)sc1S(=O)(=O)NC1CCCCCCC1. The van der Waals surface area contributed by atoms with Crippen LogP contribution in [0.1, 0.15) is 50.6 Å². The molecule has 1 saturated carbocycles. The summed E-state index contributed by atoms with van der Waals surface area (Å²) < 4.78 is 27.4. The van der Waals surface area contributed by atoms with Gasteiger partial charge in [0.15, 0.2) is 4.21 Å². The van der Waals surface area contributed by atoms with Gasteiger partial charge >= 0.3 is 4.87 Å². The number of H-pyrrole nitrogens is 1. The molecule has 0 bridgehead atoms. The monoisotopic (exact) mass is 304 g/mol. The van der Waals surface area contributed by atoms with Crippen molar-refractivity contribution in [2.75, 3.05) is 0 Å². The smallest absolute Gasteiger partial charge is 0.305 e. The Labute approximate surface area is 117 Å². The Hall–Kier alpha value is -0.660. The van der Waals surface area contributed by atoms with Crippen molar-refractivity contribution in [2.24, 2.45) is 0 Å². The molecule has 2 N–H and O–H groups in total. The molecule has 108 valence electrons. The molecule has 0 atom stereocenters. The molecule has 1 aliphatic rings. The maximum absolute atomic E-state index is 12.3. The van der Waals surface area contributed by atoms with Crippen LogP contribution in [-0.4, -0.2) is 19.4 Å². The molecule has 0 saturated heterocycles. The van der Waals surface area contributed by atoms with E-state index in [0.29, 0.717) is 5.69 Å². The van der Waals surface area contributed by atoms with E-state index in [4.69, 9.17) is 0 Å². The summed E-state index contributed by atoms with van der Waals surface area (Å²) in [4.78, 5) is 13.4. The van der Waals surface area contributed by atoms with Crippen LogP contribution in [0.2, 0.25) is 0 Å². The number of aryl methyl sites for hydroxylation is 1. The van der Waals surface area contributed by atoms with E-state index in [9.17, 15) is 13.2 Å². The van der Waals surface area contributed by atoms with E-state index in [0.717, 1.165) is 37.0 Å². The molecule has 0 amide bonds. The first-order chi connectivity index (χ1) is 8.99. The van der Waals surface area contributed by atoms with Crippen molar-refractivity contribution in [3.8, 4) is 0 Å². The van der Waals surface area contributed by atoms with Crippen molar-refractivity contribution in [1.29, 1.82) is 0 Å². The number of sulfonamides is 1. The molecule has 7 heteroatoms. The second-order valence-electron chi connectivity index (χ2n) is 5.09. The van der Waals surface area contributed by atoms with Crippen LogP contribution in [0.25, 0.3) is 0 Å². The van der Waals surface area contributed by atoms with Crippen LogP contribution in [0.5, 0.6) is 0 Å². The molecule has 5 nitrogen and oxygen atoms in total. The van der Waals surface area contributed by atoms with Crippen molar-refractivity contribution in [1.82, 2.24) is 9.71 Å². The molecule has 1 aromatic heterocycles. The van der Waals surface area contributed by atoms with Gasteiger partial charge in [-0.25, -0.2) is 13.1 Å². The number of thiazole rings is 1. The lowest BCUT2D eigenvalue weighted by Crippen LogP contribution is -2.35. The van der Waals surface area contributed by atoms with Gasteiger partial charge in [0.05, 0.1) is 0 Å². The standard InChI is InChI=1S/C12H20N2O3S2/c1-9-11(18-12(15)13-9)19(16,17)14-10-7-5-3-2-4-6-8-10/h10,14H,2-8H2,1H3,(H,13,15). The van der Waals surface area contributed by atoms with Crippen molar-refractivity contribution >= 4 is 21.4 Å². The Kier molecular flexibility index (Phi) is 4.81. The predicted octanol–water partition coefficient (Wildman–Crippen LogP) is 2.14. The zero-order valence-corrected chi connectivity index (χ0v) is 12.7. The molecule has 1 fully saturated rings. The zero-order valence-electron chi connectivity index (χ0n) is 11.1. The highest BCUT2D eigenvalue weighted by Gasteiger charge is 2.24.